The number of aryl methyl sites for hydroxylation is 1. The zero-order valence-electron chi connectivity index (χ0n) is 16.6. The van der Waals surface area contributed by atoms with Crippen LogP contribution in [0.5, 0.6) is 0 Å². The molecule has 0 aliphatic carbocycles. The lowest BCUT2D eigenvalue weighted by atomic mass is 9.97. The molecule has 2 aliphatic heterocycles. The Labute approximate surface area is 161 Å². The average Bonchev–Trinajstić information content (AvgIpc) is 3.33. The van der Waals surface area contributed by atoms with E-state index in [4.69, 9.17) is 0 Å². The number of hydrogen-bond acceptors (Lipinski definition) is 6. The minimum absolute atomic E-state index is 0.458. The summed E-state index contributed by atoms with van der Waals surface area (Å²) in [5.74, 6) is 3.62. The van der Waals surface area contributed by atoms with E-state index >= 15 is 0 Å². The Bertz CT molecular complexity index is 733. The van der Waals surface area contributed by atoms with Crippen LogP contribution in [-0.4, -0.2) is 60.7 Å². The molecule has 0 amide bonds. The molecule has 0 radical (unpaired) electrons. The van der Waals surface area contributed by atoms with Crippen molar-refractivity contribution in [2.75, 3.05) is 26.2 Å². The van der Waals surface area contributed by atoms with Crippen LogP contribution in [0.1, 0.15) is 61.6 Å². The first-order valence-electron chi connectivity index (χ1n) is 10.4. The molecule has 2 saturated heterocycles. The number of likely N-dealkylation sites (tertiary alicyclic amines) is 2. The summed E-state index contributed by atoms with van der Waals surface area (Å²) in [7, 11) is 2.14. The summed E-state index contributed by atoms with van der Waals surface area (Å²) in [6.07, 6.45) is 9.86. The van der Waals surface area contributed by atoms with E-state index in [1.807, 2.05) is 12.4 Å². The highest BCUT2D eigenvalue weighted by Gasteiger charge is 2.26. The predicted octanol–water partition coefficient (Wildman–Crippen LogP) is 2.14. The van der Waals surface area contributed by atoms with Gasteiger partial charge in [0.25, 0.3) is 0 Å². The van der Waals surface area contributed by atoms with Crippen LogP contribution in [0.15, 0.2) is 12.4 Å². The van der Waals surface area contributed by atoms with E-state index in [1.165, 1.54) is 44.3 Å². The van der Waals surface area contributed by atoms with Gasteiger partial charge in [-0.2, -0.15) is 0 Å². The third-order valence-electron chi connectivity index (χ3n) is 5.91. The third-order valence-corrected chi connectivity index (χ3v) is 5.91. The summed E-state index contributed by atoms with van der Waals surface area (Å²) in [5, 5.41) is 9.10. The van der Waals surface area contributed by atoms with Crippen molar-refractivity contribution < 1.29 is 0 Å². The molecule has 1 atom stereocenters. The van der Waals surface area contributed by atoms with Crippen molar-refractivity contribution in [2.24, 2.45) is 7.05 Å². The molecule has 0 saturated carbocycles. The molecule has 0 bridgehead atoms. The van der Waals surface area contributed by atoms with E-state index in [2.05, 4.69) is 48.5 Å². The molecule has 1 unspecified atom stereocenters. The molecule has 0 spiro atoms. The highest BCUT2D eigenvalue weighted by Crippen LogP contribution is 2.27. The van der Waals surface area contributed by atoms with Crippen molar-refractivity contribution >= 4 is 0 Å². The molecule has 2 aliphatic rings. The number of hydrogen-bond donors (Lipinski definition) is 0. The van der Waals surface area contributed by atoms with Crippen molar-refractivity contribution in [3.05, 3.63) is 35.4 Å². The average molecular weight is 370 g/mol. The lowest BCUT2D eigenvalue weighted by molar-refractivity contribution is 0.194. The topological polar surface area (TPSA) is 63.0 Å². The van der Waals surface area contributed by atoms with E-state index in [0.29, 0.717) is 5.92 Å². The summed E-state index contributed by atoms with van der Waals surface area (Å²) in [4.78, 5) is 13.9. The van der Waals surface area contributed by atoms with Gasteiger partial charge in [0.1, 0.15) is 17.5 Å². The van der Waals surface area contributed by atoms with Crippen LogP contribution >= 0.6 is 0 Å². The van der Waals surface area contributed by atoms with Crippen molar-refractivity contribution in [1.82, 2.24) is 34.5 Å². The first-order chi connectivity index (χ1) is 13.2. The standard InChI is InChI=1S/C20H31N7/c1-3-18-21-11-16(12-22-18)13-27-10-6-7-17(14-27)20-24-23-19(25(20)2)15-26-8-4-5-9-26/h11-12,17H,3-10,13-15H2,1-2H3. The molecule has 2 aromatic heterocycles. The summed E-state index contributed by atoms with van der Waals surface area (Å²) >= 11 is 0. The second kappa shape index (κ2) is 8.44. The van der Waals surface area contributed by atoms with Gasteiger partial charge in [-0.05, 0) is 45.3 Å². The molecule has 2 aromatic rings. The molecular formula is C20H31N7. The van der Waals surface area contributed by atoms with Crippen molar-refractivity contribution in [3.8, 4) is 0 Å². The lowest BCUT2D eigenvalue weighted by Gasteiger charge is -2.32. The van der Waals surface area contributed by atoms with Gasteiger partial charge < -0.3 is 4.57 Å². The van der Waals surface area contributed by atoms with Crippen LogP contribution in [0.3, 0.4) is 0 Å². The number of piperidine rings is 1. The van der Waals surface area contributed by atoms with E-state index in [0.717, 1.165) is 50.1 Å². The number of nitrogens with zero attached hydrogens (tertiary/aromatic N) is 7. The Morgan fingerprint density at radius 1 is 0.963 bits per heavy atom. The Hall–Kier alpha value is -1.86. The highest BCUT2D eigenvalue weighted by atomic mass is 15.3. The molecule has 4 rings (SSSR count). The van der Waals surface area contributed by atoms with Crippen LogP contribution < -0.4 is 0 Å². The Balaban J connectivity index is 1.39. The molecule has 7 nitrogen and oxygen atoms in total. The molecule has 7 heteroatoms. The van der Waals surface area contributed by atoms with Gasteiger partial charge in [-0.3, -0.25) is 9.80 Å². The van der Waals surface area contributed by atoms with Crippen molar-refractivity contribution in [3.63, 3.8) is 0 Å². The molecular weight excluding hydrogens is 338 g/mol. The van der Waals surface area contributed by atoms with Crippen molar-refractivity contribution in [1.29, 1.82) is 0 Å². The summed E-state index contributed by atoms with van der Waals surface area (Å²) in [6.45, 7) is 8.48. The van der Waals surface area contributed by atoms with Gasteiger partial charge in [-0.15, -0.1) is 10.2 Å². The summed E-state index contributed by atoms with van der Waals surface area (Å²) in [5.41, 5.74) is 1.19. The van der Waals surface area contributed by atoms with Gasteiger partial charge >= 0.3 is 0 Å². The fourth-order valence-corrected chi connectivity index (χ4v) is 4.32. The second-order valence-corrected chi connectivity index (χ2v) is 7.95. The fraction of sp³-hybridized carbons (Fsp3) is 0.700. The van der Waals surface area contributed by atoms with E-state index in [-0.39, 0.29) is 0 Å². The lowest BCUT2D eigenvalue weighted by Crippen LogP contribution is -2.35. The van der Waals surface area contributed by atoms with Crippen LogP contribution in [0.2, 0.25) is 0 Å². The van der Waals surface area contributed by atoms with Gasteiger partial charge in [-0.1, -0.05) is 6.92 Å². The minimum atomic E-state index is 0.458. The zero-order valence-corrected chi connectivity index (χ0v) is 16.6. The Kier molecular flexibility index (Phi) is 5.78. The zero-order chi connectivity index (χ0) is 18.6. The maximum Gasteiger partial charge on any atom is 0.146 e. The smallest absolute Gasteiger partial charge is 0.146 e. The van der Waals surface area contributed by atoms with Gasteiger partial charge in [-0.25, -0.2) is 9.97 Å². The van der Waals surface area contributed by atoms with Crippen LogP contribution in [-0.2, 0) is 26.6 Å². The predicted molar refractivity (Wildman–Crippen MR) is 104 cm³/mol. The molecule has 4 heterocycles. The summed E-state index contributed by atoms with van der Waals surface area (Å²) in [6, 6.07) is 0. The normalized spacial score (nSPS) is 21.8. The first-order valence-corrected chi connectivity index (χ1v) is 10.4. The second-order valence-electron chi connectivity index (χ2n) is 7.95. The first kappa shape index (κ1) is 18.5. The maximum atomic E-state index is 4.58. The monoisotopic (exact) mass is 369 g/mol. The Morgan fingerprint density at radius 2 is 1.70 bits per heavy atom. The molecule has 0 aromatic carbocycles. The van der Waals surface area contributed by atoms with E-state index < -0.39 is 0 Å². The largest absolute Gasteiger partial charge is 0.317 e. The highest BCUT2D eigenvalue weighted by molar-refractivity contribution is 5.08. The van der Waals surface area contributed by atoms with E-state index in [1.54, 1.807) is 0 Å². The van der Waals surface area contributed by atoms with Gasteiger partial charge in [0.05, 0.1) is 6.54 Å². The minimum Gasteiger partial charge on any atom is -0.317 e. The molecule has 2 fully saturated rings. The van der Waals surface area contributed by atoms with Crippen LogP contribution in [0.4, 0.5) is 0 Å². The number of aromatic nitrogens is 5. The van der Waals surface area contributed by atoms with Gasteiger partial charge in [0, 0.05) is 50.4 Å². The quantitative estimate of drug-likeness (QED) is 0.777. The third kappa shape index (κ3) is 4.35. The van der Waals surface area contributed by atoms with Gasteiger partial charge in [0.2, 0.25) is 0 Å². The number of rotatable bonds is 6. The molecule has 146 valence electrons. The fourth-order valence-electron chi connectivity index (χ4n) is 4.32. The maximum absolute atomic E-state index is 4.58. The van der Waals surface area contributed by atoms with Crippen LogP contribution in [0, 0.1) is 0 Å². The molecule has 0 N–H and O–H groups in total. The summed E-state index contributed by atoms with van der Waals surface area (Å²) < 4.78 is 2.24. The van der Waals surface area contributed by atoms with Gasteiger partial charge in [0.15, 0.2) is 0 Å². The Morgan fingerprint density at radius 3 is 2.44 bits per heavy atom. The SMILES string of the molecule is CCc1ncc(CN2CCCC(c3nnc(CN4CCCC4)n3C)C2)cn1. The van der Waals surface area contributed by atoms with Crippen LogP contribution in [0.25, 0.3) is 0 Å². The molecule has 27 heavy (non-hydrogen) atoms. The van der Waals surface area contributed by atoms with E-state index in [9.17, 15) is 0 Å². The van der Waals surface area contributed by atoms with Crippen molar-refractivity contribution in [2.45, 2.75) is 58.0 Å².